The maximum Gasteiger partial charge on any atom is 0.0972 e. The van der Waals surface area contributed by atoms with Crippen LogP contribution < -0.4 is 18.1 Å². The molecule has 0 bridgehead atoms. The van der Waals surface area contributed by atoms with Gasteiger partial charge in [0.2, 0.25) is 0 Å². The van der Waals surface area contributed by atoms with Crippen molar-refractivity contribution in [2.24, 2.45) is 5.73 Å². The van der Waals surface area contributed by atoms with Crippen molar-refractivity contribution in [3.8, 4) is 0 Å². The van der Waals surface area contributed by atoms with Crippen LogP contribution in [0, 0.1) is 0 Å². The lowest BCUT2D eigenvalue weighted by atomic mass is 10.4. The third-order valence-electron chi connectivity index (χ3n) is 1.53. The Morgan fingerprint density at radius 3 is 2.25 bits per heavy atom. The van der Waals surface area contributed by atoms with Gasteiger partial charge in [-0.25, -0.2) is 0 Å². The molecule has 0 rings (SSSR count). The van der Waals surface area contributed by atoms with Gasteiger partial charge in [-0.05, 0) is 12.2 Å². The van der Waals surface area contributed by atoms with E-state index in [4.69, 9.17) is 5.73 Å². The van der Waals surface area contributed by atoms with Crippen molar-refractivity contribution >= 4 is 0 Å². The molecule has 0 spiro atoms. The Balaban J connectivity index is 0. The summed E-state index contributed by atoms with van der Waals surface area (Å²) in [7, 11) is 4.34. The van der Waals surface area contributed by atoms with Gasteiger partial charge in [0.1, 0.15) is 0 Å². The molecular formula is C9H19ClN2. The summed E-state index contributed by atoms with van der Waals surface area (Å²) in [6.07, 6.45) is 6.04. The first-order valence-corrected chi connectivity index (χ1v) is 3.90. The predicted octanol–water partition coefficient (Wildman–Crippen LogP) is -2.23. The van der Waals surface area contributed by atoms with E-state index < -0.39 is 0 Å². The highest BCUT2D eigenvalue weighted by atomic mass is 35.5. The van der Waals surface area contributed by atoms with Gasteiger partial charge in [-0.2, -0.15) is 0 Å². The van der Waals surface area contributed by atoms with Crippen molar-refractivity contribution in [3.63, 3.8) is 0 Å². The molecule has 0 atom stereocenters. The SMILES string of the molecule is C=CC[N+](C)(C)CC=CCN.[Cl-]. The van der Waals surface area contributed by atoms with E-state index in [-0.39, 0.29) is 12.4 Å². The number of nitrogens with two attached hydrogens (primary N) is 1. The number of nitrogens with zero attached hydrogens (tertiary/aromatic N) is 1. The molecule has 0 aliphatic rings. The molecule has 72 valence electrons. The third kappa shape index (κ3) is 7.79. The average Bonchev–Trinajstić information content (AvgIpc) is 1.87. The third-order valence-corrected chi connectivity index (χ3v) is 1.53. The van der Waals surface area contributed by atoms with Gasteiger partial charge in [0.15, 0.2) is 0 Å². The van der Waals surface area contributed by atoms with E-state index in [9.17, 15) is 0 Å². The van der Waals surface area contributed by atoms with Crippen molar-refractivity contribution in [1.82, 2.24) is 0 Å². The van der Waals surface area contributed by atoms with E-state index in [0.717, 1.165) is 17.6 Å². The number of hydrogen-bond acceptors (Lipinski definition) is 1. The summed E-state index contributed by atoms with van der Waals surface area (Å²) in [5.74, 6) is 0. The van der Waals surface area contributed by atoms with E-state index in [0.29, 0.717) is 6.54 Å². The number of rotatable bonds is 5. The second-order valence-corrected chi connectivity index (χ2v) is 3.30. The first kappa shape index (κ1) is 14.2. The summed E-state index contributed by atoms with van der Waals surface area (Å²) in [5, 5.41) is 0. The second kappa shape index (κ2) is 7.35. The van der Waals surface area contributed by atoms with Gasteiger partial charge in [0.25, 0.3) is 0 Å². The molecule has 0 aliphatic carbocycles. The Hall–Kier alpha value is -0.310. The lowest BCUT2D eigenvalue weighted by Crippen LogP contribution is -3.00. The highest BCUT2D eigenvalue weighted by Gasteiger charge is 2.08. The fraction of sp³-hybridized carbons (Fsp3) is 0.556. The highest BCUT2D eigenvalue weighted by molar-refractivity contribution is 4.82. The van der Waals surface area contributed by atoms with Gasteiger partial charge in [-0.3, -0.25) is 0 Å². The highest BCUT2D eigenvalue weighted by Crippen LogP contribution is 1.96. The molecule has 3 heteroatoms. The maximum atomic E-state index is 5.32. The van der Waals surface area contributed by atoms with Gasteiger partial charge >= 0.3 is 0 Å². The Kier molecular flexibility index (Phi) is 8.71. The zero-order valence-corrected chi connectivity index (χ0v) is 8.72. The predicted molar refractivity (Wildman–Crippen MR) is 50.2 cm³/mol. The molecule has 0 radical (unpaired) electrons. The van der Waals surface area contributed by atoms with Gasteiger partial charge in [0.05, 0.1) is 27.2 Å². The minimum absolute atomic E-state index is 0. The molecule has 0 aromatic heterocycles. The van der Waals surface area contributed by atoms with Gasteiger partial charge in [-0.1, -0.05) is 12.7 Å². The van der Waals surface area contributed by atoms with Crippen LogP contribution in [0.1, 0.15) is 0 Å². The molecule has 0 aromatic rings. The molecule has 0 aliphatic heterocycles. The first-order valence-electron chi connectivity index (χ1n) is 3.90. The van der Waals surface area contributed by atoms with Crippen molar-refractivity contribution in [2.75, 3.05) is 33.7 Å². The molecule has 0 heterocycles. The Labute approximate surface area is 81.7 Å². The van der Waals surface area contributed by atoms with Crippen LogP contribution in [0.3, 0.4) is 0 Å². The van der Waals surface area contributed by atoms with Crippen molar-refractivity contribution < 1.29 is 16.9 Å². The lowest BCUT2D eigenvalue weighted by Gasteiger charge is -2.26. The van der Waals surface area contributed by atoms with E-state index in [1.54, 1.807) is 0 Å². The Morgan fingerprint density at radius 2 is 1.83 bits per heavy atom. The van der Waals surface area contributed by atoms with Crippen LogP contribution in [-0.2, 0) is 0 Å². The molecule has 0 unspecified atom stereocenters. The van der Waals surface area contributed by atoms with Crippen molar-refractivity contribution in [3.05, 3.63) is 24.8 Å². The zero-order valence-electron chi connectivity index (χ0n) is 7.96. The molecule has 0 saturated heterocycles. The van der Waals surface area contributed by atoms with Crippen molar-refractivity contribution in [2.45, 2.75) is 0 Å². The van der Waals surface area contributed by atoms with Crippen LogP contribution in [0.2, 0.25) is 0 Å². The van der Waals surface area contributed by atoms with Gasteiger partial charge in [0, 0.05) is 6.54 Å². The molecule has 2 N–H and O–H groups in total. The topological polar surface area (TPSA) is 26.0 Å². The fourth-order valence-corrected chi connectivity index (χ4v) is 0.880. The van der Waals surface area contributed by atoms with Gasteiger partial charge < -0.3 is 22.6 Å². The molecule has 0 aromatic carbocycles. The Bertz CT molecular complexity index is 141. The Morgan fingerprint density at radius 1 is 1.25 bits per heavy atom. The molecule has 2 nitrogen and oxygen atoms in total. The number of quaternary nitrogens is 1. The monoisotopic (exact) mass is 190 g/mol. The summed E-state index contributed by atoms with van der Waals surface area (Å²) >= 11 is 0. The quantitative estimate of drug-likeness (QED) is 0.386. The molecular weight excluding hydrogens is 172 g/mol. The van der Waals surface area contributed by atoms with Crippen LogP contribution in [0.5, 0.6) is 0 Å². The number of hydrogen-bond donors (Lipinski definition) is 1. The summed E-state index contributed by atoms with van der Waals surface area (Å²) in [5.41, 5.74) is 5.32. The molecule has 12 heavy (non-hydrogen) atoms. The minimum atomic E-state index is 0. The standard InChI is InChI=1S/C9H19N2.ClH/c1-4-8-11(2,3)9-6-5-7-10;/h4-6H,1,7-10H2,2-3H3;1H/q+1;/p-1. The summed E-state index contributed by atoms with van der Waals surface area (Å²) in [6.45, 7) is 6.35. The summed E-state index contributed by atoms with van der Waals surface area (Å²) < 4.78 is 0.944. The average molecular weight is 191 g/mol. The minimum Gasteiger partial charge on any atom is -1.00 e. The first-order chi connectivity index (χ1) is 5.12. The second-order valence-electron chi connectivity index (χ2n) is 3.30. The van der Waals surface area contributed by atoms with E-state index in [1.807, 2.05) is 12.2 Å². The fourth-order valence-electron chi connectivity index (χ4n) is 0.880. The van der Waals surface area contributed by atoms with Crippen LogP contribution in [-0.4, -0.2) is 38.2 Å². The summed E-state index contributed by atoms with van der Waals surface area (Å²) in [6, 6.07) is 0. The van der Waals surface area contributed by atoms with E-state index in [1.165, 1.54) is 0 Å². The lowest BCUT2D eigenvalue weighted by molar-refractivity contribution is -0.878. The molecule has 0 saturated carbocycles. The van der Waals surface area contributed by atoms with E-state index >= 15 is 0 Å². The smallest absolute Gasteiger partial charge is 0.0972 e. The van der Waals surface area contributed by atoms with E-state index in [2.05, 4.69) is 26.8 Å². The molecule has 0 fully saturated rings. The van der Waals surface area contributed by atoms with Crippen molar-refractivity contribution in [1.29, 1.82) is 0 Å². The molecule has 0 amide bonds. The summed E-state index contributed by atoms with van der Waals surface area (Å²) in [4.78, 5) is 0. The number of likely N-dealkylation sites (N-methyl/N-ethyl adjacent to an activating group) is 1. The maximum absolute atomic E-state index is 5.32. The van der Waals surface area contributed by atoms with Gasteiger partial charge in [-0.15, -0.1) is 0 Å². The number of halogens is 1. The van der Waals surface area contributed by atoms with Crippen LogP contribution in [0.15, 0.2) is 24.8 Å². The largest absolute Gasteiger partial charge is 1.00 e. The zero-order chi connectivity index (χ0) is 8.74. The normalized spacial score (nSPS) is 11.2. The van der Waals surface area contributed by atoms with Crippen LogP contribution in [0.25, 0.3) is 0 Å². The van der Waals surface area contributed by atoms with Crippen LogP contribution in [0.4, 0.5) is 0 Å². The van der Waals surface area contributed by atoms with Crippen LogP contribution >= 0.6 is 0 Å².